The number of carboxylic acid groups (broad SMARTS) is 1. The number of fused-ring (bicyclic) bond motifs is 3. The minimum Gasteiger partial charge on any atom is -0.493 e. The summed E-state index contributed by atoms with van der Waals surface area (Å²) in [4.78, 5) is 52.6. The Hall–Kier alpha value is -4.28. The second-order valence-corrected chi connectivity index (χ2v) is 11.4. The van der Waals surface area contributed by atoms with Crippen LogP contribution in [0.25, 0.3) is 11.1 Å². The Morgan fingerprint density at radius 3 is 2.21 bits per heavy atom. The smallest absolute Gasteiger partial charge is 0.306 e. The van der Waals surface area contributed by atoms with Gasteiger partial charge in [-0.1, -0.05) is 19.9 Å². The fourth-order valence-electron chi connectivity index (χ4n) is 6.05. The van der Waals surface area contributed by atoms with E-state index >= 15 is 0 Å². The number of aliphatic carboxylic acids is 1. The standard InChI is InChI=1S/C32H41N3O8/c1-17(2)28(31(38)35-13-11-19(12-14-35)32(39)40)34-24-10-8-21-22(16-25(24)37)23(33-18(3)36)9-7-20-15-26(41-4)29(42-5)30(43-6)27(20)21/h8,10,15-17,19,23,28H,7,9,11-14H2,1-6H3,(H,33,36)(H,34,37)(H,39,40). The first-order valence-corrected chi connectivity index (χ1v) is 14.6. The average Bonchev–Trinajstić information content (AvgIpc) is 3.22. The number of benzene rings is 1. The molecule has 3 N–H and O–H groups in total. The third-order valence-electron chi connectivity index (χ3n) is 8.32. The van der Waals surface area contributed by atoms with Crippen molar-refractivity contribution >= 4 is 23.5 Å². The van der Waals surface area contributed by atoms with Crippen LogP contribution in [0.5, 0.6) is 17.2 Å². The molecule has 1 aliphatic heterocycles. The number of nitrogens with zero attached hydrogens (tertiary/aromatic N) is 1. The SMILES string of the molecule is COc1cc2c(c(OC)c1OC)-c1ccc(NC(C(=O)N3CCC(C(=O)O)CC3)C(C)C)c(=O)cc1C(NC(C)=O)CC2. The summed E-state index contributed by atoms with van der Waals surface area (Å²) in [6.07, 6.45) is 1.90. The van der Waals surface area contributed by atoms with Crippen molar-refractivity contribution in [2.24, 2.45) is 11.8 Å². The van der Waals surface area contributed by atoms with Crippen molar-refractivity contribution in [1.82, 2.24) is 10.2 Å². The summed E-state index contributed by atoms with van der Waals surface area (Å²) in [5.74, 6) is -0.476. The lowest BCUT2D eigenvalue weighted by molar-refractivity contribution is -0.146. The number of likely N-dealkylation sites (tertiary alicyclic amines) is 1. The van der Waals surface area contributed by atoms with E-state index in [1.165, 1.54) is 20.1 Å². The topological polar surface area (TPSA) is 144 Å². The number of carbonyl (C=O) groups excluding carboxylic acids is 2. The maximum absolute atomic E-state index is 13.8. The average molecular weight is 596 g/mol. The molecule has 2 atom stereocenters. The highest BCUT2D eigenvalue weighted by Crippen LogP contribution is 2.50. The third-order valence-corrected chi connectivity index (χ3v) is 8.32. The van der Waals surface area contributed by atoms with Crippen molar-refractivity contribution in [3.05, 3.63) is 45.6 Å². The number of rotatable bonds is 9. The Kier molecular flexibility index (Phi) is 9.83. The minimum atomic E-state index is -0.843. The predicted molar refractivity (Wildman–Crippen MR) is 162 cm³/mol. The van der Waals surface area contributed by atoms with Crippen LogP contribution < -0.4 is 30.3 Å². The first-order chi connectivity index (χ1) is 20.5. The highest BCUT2D eigenvalue weighted by atomic mass is 16.5. The molecule has 2 aromatic rings. The van der Waals surface area contributed by atoms with Crippen molar-refractivity contribution in [2.45, 2.75) is 58.5 Å². The molecule has 11 nitrogen and oxygen atoms in total. The fraction of sp³-hybridized carbons (Fsp3) is 0.500. The Morgan fingerprint density at radius 2 is 1.65 bits per heavy atom. The van der Waals surface area contributed by atoms with Gasteiger partial charge in [-0.05, 0) is 66.5 Å². The Labute approximate surface area is 251 Å². The molecule has 43 heavy (non-hydrogen) atoms. The number of carbonyl (C=O) groups is 3. The van der Waals surface area contributed by atoms with Gasteiger partial charge in [0.15, 0.2) is 11.5 Å². The molecule has 2 unspecified atom stereocenters. The molecular weight excluding hydrogens is 554 g/mol. The van der Waals surface area contributed by atoms with Gasteiger partial charge < -0.3 is 34.9 Å². The van der Waals surface area contributed by atoms with Gasteiger partial charge in [0.25, 0.3) is 0 Å². The summed E-state index contributed by atoms with van der Waals surface area (Å²) < 4.78 is 17.1. The summed E-state index contributed by atoms with van der Waals surface area (Å²) in [6.45, 7) is 5.94. The van der Waals surface area contributed by atoms with Gasteiger partial charge in [0.2, 0.25) is 23.0 Å². The fourth-order valence-corrected chi connectivity index (χ4v) is 6.05. The molecule has 0 bridgehead atoms. The molecule has 1 aliphatic carbocycles. The van der Waals surface area contributed by atoms with E-state index < -0.39 is 24.0 Å². The molecule has 2 aromatic carbocycles. The number of aryl methyl sites for hydroxylation is 1. The summed E-state index contributed by atoms with van der Waals surface area (Å²) in [7, 11) is 4.62. The number of carboxylic acids is 1. The minimum absolute atomic E-state index is 0.155. The van der Waals surface area contributed by atoms with Gasteiger partial charge >= 0.3 is 5.97 Å². The zero-order chi connectivity index (χ0) is 31.4. The number of nitrogens with one attached hydrogen (secondary N) is 2. The van der Waals surface area contributed by atoms with Crippen LogP contribution in [-0.2, 0) is 20.8 Å². The van der Waals surface area contributed by atoms with Crippen molar-refractivity contribution < 1.29 is 33.7 Å². The van der Waals surface area contributed by atoms with Crippen LogP contribution in [0.4, 0.5) is 5.69 Å². The third kappa shape index (κ3) is 6.55. The Bertz CT molecular complexity index is 1450. The number of hydrogen-bond donors (Lipinski definition) is 3. The molecule has 2 amide bonds. The second kappa shape index (κ2) is 13.4. The lowest BCUT2D eigenvalue weighted by Gasteiger charge is -2.34. The molecule has 4 rings (SSSR count). The molecule has 0 spiro atoms. The molecule has 0 aromatic heterocycles. The first kappa shape index (κ1) is 31.7. The van der Waals surface area contributed by atoms with Gasteiger partial charge in [0.05, 0.1) is 39.0 Å². The first-order valence-electron chi connectivity index (χ1n) is 14.6. The number of methoxy groups -OCH3 is 3. The van der Waals surface area contributed by atoms with Crippen LogP contribution in [0.2, 0.25) is 0 Å². The maximum atomic E-state index is 13.8. The highest BCUT2D eigenvalue weighted by Gasteiger charge is 2.33. The van der Waals surface area contributed by atoms with E-state index in [1.807, 2.05) is 26.0 Å². The van der Waals surface area contributed by atoms with Gasteiger partial charge in [0, 0.05) is 25.6 Å². The Morgan fingerprint density at radius 1 is 0.977 bits per heavy atom. The van der Waals surface area contributed by atoms with Crippen molar-refractivity contribution in [3.8, 4) is 28.4 Å². The number of anilines is 1. The molecule has 2 aliphatic rings. The van der Waals surface area contributed by atoms with Gasteiger partial charge in [-0.3, -0.25) is 19.2 Å². The van der Waals surface area contributed by atoms with Crippen LogP contribution in [-0.4, -0.2) is 68.3 Å². The quantitative estimate of drug-likeness (QED) is 0.396. The van der Waals surface area contributed by atoms with Gasteiger partial charge in [-0.15, -0.1) is 0 Å². The van der Waals surface area contributed by atoms with E-state index in [4.69, 9.17) is 14.2 Å². The molecule has 11 heteroatoms. The molecule has 0 saturated carbocycles. The summed E-state index contributed by atoms with van der Waals surface area (Å²) >= 11 is 0. The molecular formula is C32H41N3O8. The predicted octanol–water partition coefficient (Wildman–Crippen LogP) is 3.62. The van der Waals surface area contributed by atoms with Gasteiger partial charge in [-0.25, -0.2) is 0 Å². The van der Waals surface area contributed by atoms with E-state index in [2.05, 4.69) is 10.6 Å². The zero-order valence-electron chi connectivity index (χ0n) is 25.6. The number of piperidine rings is 1. The lowest BCUT2D eigenvalue weighted by atomic mass is 9.95. The van der Waals surface area contributed by atoms with Crippen LogP contribution >= 0.6 is 0 Å². The number of ether oxygens (including phenoxy) is 3. The molecule has 1 saturated heterocycles. The zero-order valence-corrected chi connectivity index (χ0v) is 25.6. The van der Waals surface area contributed by atoms with E-state index in [0.29, 0.717) is 67.1 Å². The number of amides is 2. The van der Waals surface area contributed by atoms with E-state index in [0.717, 1.165) is 11.1 Å². The summed E-state index contributed by atoms with van der Waals surface area (Å²) in [5, 5.41) is 15.5. The Balaban J connectivity index is 1.81. The normalized spacial score (nSPS) is 17.2. The van der Waals surface area contributed by atoms with Crippen molar-refractivity contribution in [1.29, 1.82) is 0 Å². The van der Waals surface area contributed by atoms with E-state index in [1.54, 1.807) is 25.2 Å². The summed E-state index contributed by atoms with van der Waals surface area (Å²) in [6, 6.07) is 5.73. The van der Waals surface area contributed by atoms with E-state index in [9.17, 15) is 24.3 Å². The highest BCUT2D eigenvalue weighted by molar-refractivity contribution is 5.86. The summed E-state index contributed by atoms with van der Waals surface area (Å²) in [5.41, 5.74) is 2.88. The second-order valence-electron chi connectivity index (χ2n) is 11.4. The lowest BCUT2D eigenvalue weighted by Crippen LogP contribution is -2.49. The molecule has 0 radical (unpaired) electrons. The van der Waals surface area contributed by atoms with Crippen LogP contribution in [0.3, 0.4) is 0 Å². The van der Waals surface area contributed by atoms with E-state index in [-0.39, 0.29) is 28.8 Å². The van der Waals surface area contributed by atoms with Crippen LogP contribution in [0.15, 0.2) is 29.1 Å². The molecule has 1 heterocycles. The van der Waals surface area contributed by atoms with Crippen LogP contribution in [0, 0.1) is 11.8 Å². The van der Waals surface area contributed by atoms with Crippen molar-refractivity contribution in [2.75, 3.05) is 39.7 Å². The van der Waals surface area contributed by atoms with Crippen molar-refractivity contribution in [3.63, 3.8) is 0 Å². The largest absolute Gasteiger partial charge is 0.493 e. The van der Waals surface area contributed by atoms with Crippen LogP contribution in [0.1, 0.15) is 57.2 Å². The maximum Gasteiger partial charge on any atom is 0.306 e. The molecule has 232 valence electrons. The number of hydrogen-bond acceptors (Lipinski definition) is 8. The monoisotopic (exact) mass is 595 g/mol. The van der Waals surface area contributed by atoms with Gasteiger partial charge in [-0.2, -0.15) is 0 Å². The van der Waals surface area contributed by atoms with Gasteiger partial charge in [0.1, 0.15) is 6.04 Å². The molecule has 1 fully saturated rings.